The Morgan fingerprint density at radius 1 is 1.14 bits per heavy atom. The van der Waals surface area contributed by atoms with Crippen LogP contribution in [0, 0.1) is 6.92 Å². The van der Waals surface area contributed by atoms with E-state index in [9.17, 15) is 9.00 Å². The van der Waals surface area contributed by atoms with Crippen LogP contribution in [-0.2, 0) is 16.6 Å². The van der Waals surface area contributed by atoms with Crippen molar-refractivity contribution in [1.29, 1.82) is 0 Å². The molecule has 0 saturated carbocycles. The zero-order valence-electron chi connectivity index (χ0n) is 16.6. The Morgan fingerprint density at radius 3 is 2.59 bits per heavy atom. The summed E-state index contributed by atoms with van der Waals surface area (Å²) >= 11 is 1.32. The second-order valence-corrected chi connectivity index (χ2v) is 8.81. The number of nitrogens with one attached hydrogen (secondary N) is 1. The molecule has 0 aliphatic rings. The minimum absolute atomic E-state index is 0.221. The molecular weight excluding hydrogens is 408 g/mol. The van der Waals surface area contributed by atoms with Gasteiger partial charge in [-0.15, -0.1) is 11.3 Å². The first-order chi connectivity index (χ1) is 13.9. The number of aromatic nitrogens is 1. The summed E-state index contributed by atoms with van der Waals surface area (Å²) in [5, 5.41) is 3.63. The first kappa shape index (κ1) is 21.0. The molecule has 0 bridgehead atoms. The molecule has 2 aromatic carbocycles. The SMILES string of the molecule is COc1ccc(-c2nc(C)c(C(=O)Nc3cccc(CS(C)=O)c3)s2)cc1OC. The lowest BCUT2D eigenvalue weighted by Gasteiger charge is -2.08. The standard InChI is InChI=1S/C21H22N2O4S2/c1-13-19(20(24)23-16-7-5-6-14(10-16)12-29(4)25)28-21(22-13)15-8-9-17(26-2)18(11-15)27-3/h5-11H,12H2,1-4H3,(H,23,24). The minimum atomic E-state index is -0.940. The number of benzene rings is 2. The lowest BCUT2D eigenvalue weighted by atomic mass is 10.2. The average molecular weight is 431 g/mol. The second-order valence-electron chi connectivity index (χ2n) is 6.38. The fourth-order valence-electron chi connectivity index (χ4n) is 2.86. The number of amides is 1. The molecule has 1 atom stereocenters. The van der Waals surface area contributed by atoms with Gasteiger partial charge in [0.25, 0.3) is 5.91 Å². The lowest BCUT2D eigenvalue weighted by molar-refractivity contribution is 0.103. The summed E-state index contributed by atoms with van der Waals surface area (Å²) < 4.78 is 22.1. The molecule has 0 aliphatic heterocycles. The smallest absolute Gasteiger partial charge is 0.267 e. The number of nitrogens with zero attached hydrogens (tertiary/aromatic N) is 1. The van der Waals surface area contributed by atoms with Crippen molar-refractivity contribution in [2.75, 3.05) is 25.8 Å². The van der Waals surface area contributed by atoms with Gasteiger partial charge in [-0.25, -0.2) is 4.98 Å². The number of thiazole rings is 1. The van der Waals surface area contributed by atoms with E-state index < -0.39 is 10.8 Å². The van der Waals surface area contributed by atoms with Crippen LogP contribution in [0.5, 0.6) is 11.5 Å². The molecule has 1 amide bonds. The van der Waals surface area contributed by atoms with Crippen LogP contribution in [-0.4, -0.2) is 35.6 Å². The number of hydrogen-bond donors (Lipinski definition) is 1. The summed E-state index contributed by atoms with van der Waals surface area (Å²) in [6.45, 7) is 1.81. The van der Waals surface area contributed by atoms with Gasteiger partial charge in [0.1, 0.15) is 9.88 Å². The predicted molar refractivity (Wildman–Crippen MR) is 118 cm³/mol. The first-order valence-electron chi connectivity index (χ1n) is 8.81. The van der Waals surface area contributed by atoms with Gasteiger partial charge in [0, 0.05) is 34.1 Å². The van der Waals surface area contributed by atoms with Crippen molar-refractivity contribution in [1.82, 2.24) is 4.98 Å². The van der Waals surface area contributed by atoms with Crippen molar-refractivity contribution in [3.05, 3.63) is 58.6 Å². The largest absolute Gasteiger partial charge is 0.493 e. The Balaban J connectivity index is 1.83. The summed E-state index contributed by atoms with van der Waals surface area (Å²) in [5.74, 6) is 1.47. The van der Waals surface area contributed by atoms with Crippen molar-refractivity contribution in [2.24, 2.45) is 0 Å². The Kier molecular flexibility index (Phi) is 6.66. The number of carbonyl (C=O) groups is 1. The molecule has 0 aliphatic carbocycles. The highest BCUT2D eigenvalue weighted by molar-refractivity contribution is 7.83. The molecule has 6 nitrogen and oxygen atoms in total. The molecule has 1 heterocycles. The van der Waals surface area contributed by atoms with Crippen LogP contribution < -0.4 is 14.8 Å². The number of methoxy groups -OCH3 is 2. The van der Waals surface area contributed by atoms with Crippen LogP contribution in [0.2, 0.25) is 0 Å². The van der Waals surface area contributed by atoms with Crippen molar-refractivity contribution in [2.45, 2.75) is 12.7 Å². The van der Waals surface area contributed by atoms with Gasteiger partial charge in [0.2, 0.25) is 0 Å². The van der Waals surface area contributed by atoms with Gasteiger partial charge in [0.05, 0.1) is 19.9 Å². The predicted octanol–water partition coefficient (Wildman–Crippen LogP) is 4.27. The molecule has 1 N–H and O–H groups in total. The molecule has 1 unspecified atom stereocenters. The van der Waals surface area contributed by atoms with Crippen LogP contribution in [0.1, 0.15) is 20.9 Å². The maximum Gasteiger partial charge on any atom is 0.267 e. The van der Waals surface area contributed by atoms with E-state index in [0.717, 1.165) is 16.1 Å². The van der Waals surface area contributed by atoms with Crippen LogP contribution in [0.15, 0.2) is 42.5 Å². The molecule has 0 radical (unpaired) electrons. The van der Waals surface area contributed by atoms with Crippen molar-refractivity contribution in [3.8, 4) is 22.1 Å². The summed E-state index contributed by atoms with van der Waals surface area (Å²) in [6.07, 6.45) is 1.65. The number of ether oxygens (including phenoxy) is 2. The zero-order chi connectivity index (χ0) is 21.0. The molecule has 0 spiro atoms. The fourth-order valence-corrected chi connectivity index (χ4v) is 4.47. The van der Waals surface area contributed by atoms with Gasteiger partial charge in [-0.05, 0) is 42.8 Å². The quantitative estimate of drug-likeness (QED) is 0.606. The average Bonchev–Trinajstić information content (AvgIpc) is 3.09. The van der Waals surface area contributed by atoms with Gasteiger partial charge in [-0.3, -0.25) is 9.00 Å². The third-order valence-corrected chi connectivity index (χ3v) is 6.13. The van der Waals surface area contributed by atoms with E-state index in [1.54, 1.807) is 20.5 Å². The van der Waals surface area contributed by atoms with Gasteiger partial charge in [-0.1, -0.05) is 12.1 Å². The second kappa shape index (κ2) is 9.19. The van der Waals surface area contributed by atoms with Crippen LogP contribution in [0.3, 0.4) is 0 Å². The molecule has 152 valence electrons. The van der Waals surface area contributed by atoms with E-state index in [2.05, 4.69) is 10.3 Å². The summed E-state index contributed by atoms with van der Waals surface area (Å²) in [5.41, 5.74) is 3.08. The van der Waals surface area contributed by atoms with Gasteiger partial charge >= 0.3 is 0 Å². The van der Waals surface area contributed by atoms with E-state index in [1.165, 1.54) is 11.3 Å². The van der Waals surface area contributed by atoms with Crippen LogP contribution in [0.25, 0.3) is 10.6 Å². The maximum atomic E-state index is 12.8. The lowest BCUT2D eigenvalue weighted by Crippen LogP contribution is -2.11. The highest BCUT2D eigenvalue weighted by Gasteiger charge is 2.18. The summed E-state index contributed by atoms with van der Waals surface area (Å²) in [7, 11) is 2.22. The highest BCUT2D eigenvalue weighted by Crippen LogP contribution is 2.35. The third kappa shape index (κ3) is 5.02. The van der Waals surface area contributed by atoms with Gasteiger partial charge in [0.15, 0.2) is 11.5 Å². The van der Waals surface area contributed by atoms with Gasteiger partial charge in [-0.2, -0.15) is 0 Å². The Morgan fingerprint density at radius 2 is 1.90 bits per heavy atom. The van der Waals surface area contributed by atoms with Crippen molar-refractivity contribution in [3.63, 3.8) is 0 Å². The first-order valence-corrected chi connectivity index (χ1v) is 11.4. The number of anilines is 1. The number of carbonyl (C=O) groups excluding carboxylic acids is 1. The topological polar surface area (TPSA) is 77.5 Å². The molecule has 3 aromatic rings. The molecule has 0 saturated heterocycles. The Bertz CT molecular complexity index is 1060. The van der Waals surface area contributed by atoms with E-state index in [0.29, 0.717) is 33.5 Å². The number of aryl methyl sites for hydroxylation is 1. The molecule has 8 heteroatoms. The zero-order valence-corrected chi connectivity index (χ0v) is 18.3. The summed E-state index contributed by atoms with van der Waals surface area (Å²) in [6, 6.07) is 12.9. The molecule has 3 rings (SSSR count). The minimum Gasteiger partial charge on any atom is -0.493 e. The monoisotopic (exact) mass is 430 g/mol. The molecule has 0 fully saturated rings. The third-order valence-electron chi connectivity index (χ3n) is 4.19. The van der Waals surface area contributed by atoms with Crippen molar-refractivity contribution >= 4 is 33.7 Å². The number of rotatable bonds is 7. The number of hydrogen-bond acceptors (Lipinski definition) is 6. The van der Waals surface area contributed by atoms with E-state index in [4.69, 9.17) is 9.47 Å². The van der Waals surface area contributed by atoms with E-state index in [1.807, 2.05) is 49.4 Å². The normalized spacial score (nSPS) is 11.7. The van der Waals surface area contributed by atoms with Crippen LogP contribution >= 0.6 is 11.3 Å². The van der Waals surface area contributed by atoms with Crippen molar-refractivity contribution < 1.29 is 18.5 Å². The maximum absolute atomic E-state index is 12.8. The van der Waals surface area contributed by atoms with Crippen LogP contribution in [0.4, 0.5) is 5.69 Å². The molecule has 29 heavy (non-hydrogen) atoms. The highest BCUT2D eigenvalue weighted by atomic mass is 32.2. The fraction of sp³-hybridized carbons (Fsp3) is 0.238. The van der Waals surface area contributed by atoms with Gasteiger partial charge < -0.3 is 14.8 Å². The molecule has 1 aromatic heterocycles. The molecular formula is C21H22N2O4S2. The summed E-state index contributed by atoms with van der Waals surface area (Å²) in [4.78, 5) is 17.9. The van der Waals surface area contributed by atoms with E-state index in [-0.39, 0.29) is 5.91 Å². The Labute approximate surface area is 176 Å². The van der Waals surface area contributed by atoms with E-state index >= 15 is 0 Å². The Hall–Kier alpha value is -2.71.